The summed E-state index contributed by atoms with van der Waals surface area (Å²) in [5.41, 5.74) is -0.986. The Morgan fingerprint density at radius 1 is 0.900 bits per heavy atom. The monoisotopic (exact) mass is 142 g/mol. The molecule has 0 fully saturated rings. The van der Waals surface area contributed by atoms with Crippen molar-refractivity contribution in [1.82, 2.24) is 0 Å². The minimum absolute atomic E-state index is 0.493. The first-order chi connectivity index (χ1) is 4.46. The molecule has 4 heteroatoms. The van der Waals surface area contributed by atoms with Crippen molar-refractivity contribution in [3.05, 3.63) is 24.3 Å². The second-order valence-electron chi connectivity index (χ2n) is 1.57. The number of hydrogen-bond donors (Lipinski definition) is 2. The zero-order valence-electron chi connectivity index (χ0n) is 5.13. The van der Waals surface area contributed by atoms with Crippen LogP contribution in [0.15, 0.2) is 24.3 Å². The molecule has 0 amide bonds. The van der Waals surface area contributed by atoms with Crippen LogP contribution in [0.1, 0.15) is 0 Å². The number of carboxylic acids is 2. The second-order valence-corrected chi connectivity index (χ2v) is 1.57. The van der Waals surface area contributed by atoms with Gasteiger partial charge in [0.25, 0.3) is 0 Å². The van der Waals surface area contributed by atoms with Crippen LogP contribution in [0.5, 0.6) is 0 Å². The molecule has 0 aliphatic heterocycles. The van der Waals surface area contributed by atoms with Gasteiger partial charge in [-0.3, -0.25) is 0 Å². The number of carboxylic acid groups (broad SMARTS) is 2. The maximum atomic E-state index is 10.0. The quantitative estimate of drug-likeness (QED) is 0.438. The molecule has 0 aliphatic rings. The Bertz CT molecular complexity index is 190. The molecule has 0 saturated heterocycles. The smallest absolute Gasteiger partial charge is 0.335 e. The van der Waals surface area contributed by atoms with Gasteiger partial charge in [-0.1, -0.05) is 13.2 Å². The first-order valence-corrected chi connectivity index (χ1v) is 2.31. The fourth-order valence-corrected chi connectivity index (χ4v) is 0.258. The molecule has 0 heterocycles. The van der Waals surface area contributed by atoms with Crippen molar-refractivity contribution in [1.29, 1.82) is 0 Å². The summed E-state index contributed by atoms with van der Waals surface area (Å²) in [5, 5.41) is 16.4. The Hall–Kier alpha value is -1.58. The minimum Gasteiger partial charge on any atom is -0.478 e. The summed E-state index contributed by atoms with van der Waals surface area (Å²) in [4.78, 5) is 20.0. The summed E-state index contributed by atoms with van der Waals surface area (Å²) in [6, 6.07) is 0. The van der Waals surface area contributed by atoms with Gasteiger partial charge in [0.1, 0.15) is 0 Å². The van der Waals surface area contributed by atoms with Crippen LogP contribution in [0.25, 0.3) is 0 Å². The fourth-order valence-electron chi connectivity index (χ4n) is 0.258. The van der Waals surface area contributed by atoms with Gasteiger partial charge in [-0.05, 0) is 0 Å². The van der Waals surface area contributed by atoms with E-state index in [4.69, 9.17) is 10.2 Å². The average molecular weight is 142 g/mol. The number of hydrogen-bond acceptors (Lipinski definition) is 2. The maximum absolute atomic E-state index is 10.0. The molecule has 0 aromatic carbocycles. The van der Waals surface area contributed by atoms with E-state index in [0.29, 0.717) is 0 Å². The van der Waals surface area contributed by atoms with Crippen LogP contribution >= 0.6 is 0 Å². The average Bonchev–Trinajstić information content (AvgIpc) is 1.84. The highest BCUT2D eigenvalue weighted by atomic mass is 16.4. The molecule has 0 aromatic heterocycles. The lowest BCUT2D eigenvalue weighted by molar-refractivity contribution is -0.136. The molecule has 0 saturated carbocycles. The van der Waals surface area contributed by atoms with Crippen LogP contribution in [-0.4, -0.2) is 22.2 Å². The largest absolute Gasteiger partial charge is 0.478 e. The lowest BCUT2D eigenvalue weighted by Gasteiger charge is -1.96. The van der Waals surface area contributed by atoms with Crippen molar-refractivity contribution in [3.8, 4) is 0 Å². The lowest BCUT2D eigenvalue weighted by Crippen LogP contribution is -2.08. The summed E-state index contributed by atoms with van der Waals surface area (Å²) in [5.74, 6) is -2.74. The van der Waals surface area contributed by atoms with Gasteiger partial charge in [-0.15, -0.1) is 0 Å². The Kier molecular flexibility index (Phi) is 2.37. The topological polar surface area (TPSA) is 74.6 Å². The second kappa shape index (κ2) is 2.82. The van der Waals surface area contributed by atoms with E-state index in [1.165, 1.54) is 0 Å². The van der Waals surface area contributed by atoms with Crippen LogP contribution < -0.4 is 0 Å². The van der Waals surface area contributed by atoms with Crippen molar-refractivity contribution in [2.24, 2.45) is 0 Å². The van der Waals surface area contributed by atoms with E-state index in [1.807, 2.05) is 0 Å². The molecule has 4 nitrogen and oxygen atoms in total. The van der Waals surface area contributed by atoms with E-state index in [2.05, 4.69) is 13.2 Å². The summed E-state index contributed by atoms with van der Waals surface area (Å²) in [7, 11) is 0. The van der Waals surface area contributed by atoms with Crippen molar-refractivity contribution < 1.29 is 19.8 Å². The van der Waals surface area contributed by atoms with Crippen LogP contribution in [0.3, 0.4) is 0 Å². The van der Waals surface area contributed by atoms with Gasteiger partial charge in [0.05, 0.1) is 11.1 Å². The van der Waals surface area contributed by atoms with Gasteiger partial charge in [-0.25, -0.2) is 9.59 Å². The number of rotatable bonds is 3. The van der Waals surface area contributed by atoms with Crippen LogP contribution in [0, 0.1) is 0 Å². The Morgan fingerprint density at radius 2 is 1.10 bits per heavy atom. The van der Waals surface area contributed by atoms with E-state index < -0.39 is 23.1 Å². The predicted molar refractivity (Wildman–Crippen MR) is 33.6 cm³/mol. The Morgan fingerprint density at radius 3 is 1.20 bits per heavy atom. The van der Waals surface area contributed by atoms with E-state index in [-0.39, 0.29) is 0 Å². The number of carbonyl (C=O) groups is 2. The number of aliphatic carboxylic acids is 2. The summed E-state index contributed by atoms with van der Waals surface area (Å²) < 4.78 is 0. The highest BCUT2D eigenvalue weighted by molar-refractivity contribution is 6.04. The van der Waals surface area contributed by atoms with Crippen LogP contribution in [-0.2, 0) is 9.59 Å². The summed E-state index contributed by atoms with van der Waals surface area (Å²) in [6.45, 7) is 5.99. The third kappa shape index (κ3) is 1.74. The fraction of sp³-hybridized carbons (Fsp3) is 0. The van der Waals surface area contributed by atoms with Crippen molar-refractivity contribution in [3.63, 3.8) is 0 Å². The zero-order valence-corrected chi connectivity index (χ0v) is 5.13. The molecule has 0 spiro atoms. The third-order valence-corrected chi connectivity index (χ3v) is 0.881. The van der Waals surface area contributed by atoms with E-state index in [1.54, 1.807) is 0 Å². The molecule has 2 N–H and O–H groups in total. The molecule has 0 radical (unpaired) electrons. The maximum Gasteiger partial charge on any atom is 0.335 e. The molecule has 0 rings (SSSR count). The van der Waals surface area contributed by atoms with Gasteiger partial charge in [0, 0.05) is 0 Å². The van der Waals surface area contributed by atoms with E-state index in [0.717, 1.165) is 0 Å². The summed E-state index contributed by atoms with van der Waals surface area (Å²) >= 11 is 0. The van der Waals surface area contributed by atoms with E-state index in [9.17, 15) is 9.59 Å². The predicted octanol–water partition coefficient (Wildman–Crippen LogP) is 0.268. The summed E-state index contributed by atoms with van der Waals surface area (Å²) in [6.07, 6.45) is 0. The molecular weight excluding hydrogens is 136 g/mol. The molecule has 10 heavy (non-hydrogen) atoms. The van der Waals surface area contributed by atoms with Gasteiger partial charge in [0.15, 0.2) is 0 Å². The normalized spacial score (nSPS) is 8.40. The molecule has 0 bridgehead atoms. The standard InChI is InChI=1S/C6H6O4/c1-3(5(7)8)4(2)6(9)10/h1-2H2,(H,7,8)(H,9,10). The van der Waals surface area contributed by atoms with Crippen molar-refractivity contribution in [2.45, 2.75) is 0 Å². The first-order valence-electron chi connectivity index (χ1n) is 2.31. The first kappa shape index (κ1) is 8.42. The third-order valence-electron chi connectivity index (χ3n) is 0.881. The zero-order chi connectivity index (χ0) is 8.31. The highest BCUT2D eigenvalue weighted by Gasteiger charge is 2.13. The lowest BCUT2D eigenvalue weighted by atomic mass is 10.1. The Labute approximate surface area is 57.1 Å². The molecule has 0 aromatic rings. The highest BCUT2D eigenvalue weighted by Crippen LogP contribution is 2.03. The van der Waals surface area contributed by atoms with Gasteiger partial charge >= 0.3 is 11.9 Å². The minimum atomic E-state index is -1.37. The molecule has 0 unspecified atom stereocenters. The van der Waals surface area contributed by atoms with Gasteiger partial charge in [0.2, 0.25) is 0 Å². The SMILES string of the molecule is C=C(C(=C)C(=O)O)C(=O)O. The van der Waals surface area contributed by atoms with Crippen molar-refractivity contribution >= 4 is 11.9 Å². The Balaban J connectivity index is 4.39. The van der Waals surface area contributed by atoms with E-state index >= 15 is 0 Å². The van der Waals surface area contributed by atoms with Crippen LogP contribution in [0.4, 0.5) is 0 Å². The van der Waals surface area contributed by atoms with Gasteiger partial charge in [-0.2, -0.15) is 0 Å². The molecule has 0 atom stereocenters. The molecular formula is C6H6O4. The molecule has 54 valence electrons. The van der Waals surface area contributed by atoms with Gasteiger partial charge < -0.3 is 10.2 Å². The van der Waals surface area contributed by atoms with Crippen LogP contribution in [0.2, 0.25) is 0 Å². The molecule has 0 aliphatic carbocycles. The van der Waals surface area contributed by atoms with Crippen molar-refractivity contribution in [2.75, 3.05) is 0 Å².